The van der Waals surface area contributed by atoms with Crippen molar-refractivity contribution in [3.63, 3.8) is 0 Å². The van der Waals surface area contributed by atoms with Crippen LogP contribution in [-0.4, -0.2) is 12.1 Å². The maximum Gasteiger partial charge on any atom is 0.408 e. The fraction of sp³-hybridized carbons (Fsp3) is 0.222. The van der Waals surface area contributed by atoms with E-state index in [4.69, 9.17) is 21.9 Å². The number of hydrogen-bond donors (Lipinski definition) is 1. The lowest BCUT2D eigenvalue weighted by molar-refractivity contribution is 0.141. The van der Waals surface area contributed by atoms with Gasteiger partial charge in [0.05, 0.1) is 6.00 Å². The molecule has 0 aliphatic carbocycles. The molecule has 0 saturated heterocycles. The molecule has 1 aromatic rings. The number of alkyl halides is 1. The van der Waals surface area contributed by atoms with Crippen LogP contribution in [0.25, 0.3) is 10.4 Å². The van der Waals surface area contributed by atoms with E-state index < -0.39 is 6.09 Å². The molecule has 0 aromatic heterocycles. The van der Waals surface area contributed by atoms with Gasteiger partial charge in [0.15, 0.2) is 0 Å². The lowest BCUT2D eigenvalue weighted by Crippen LogP contribution is -2.22. The zero-order chi connectivity index (χ0) is 11.8. The Morgan fingerprint density at radius 2 is 2.19 bits per heavy atom. The largest absolute Gasteiger partial charge is 0.445 e. The molecule has 0 unspecified atom stereocenters. The molecule has 0 saturated carbocycles. The Labute approximate surface area is 96.8 Å². The minimum atomic E-state index is -0.575. The summed E-state index contributed by atoms with van der Waals surface area (Å²) in [4.78, 5) is 13.6. The van der Waals surface area contributed by atoms with Crippen molar-refractivity contribution >= 4 is 23.4 Å². The van der Waals surface area contributed by atoms with E-state index in [0.29, 0.717) is 5.69 Å². The van der Waals surface area contributed by atoms with Crippen LogP contribution in [0.15, 0.2) is 29.4 Å². The van der Waals surface area contributed by atoms with E-state index >= 15 is 0 Å². The number of benzene rings is 1. The molecule has 84 valence electrons. The Kier molecular flexibility index (Phi) is 4.98. The quantitative estimate of drug-likeness (QED) is 0.288. The monoisotopic (exact) mass is 240 g/mol. The summed E-state index contributed by atoms with van der Waals surface area (Å²) in [7, 11) is 0. The first kappa shape index (κ1) is 12.2. The SMILES string of the molecule is [N-]=[N+]=Nc1ccc(COC(=O)NCCl)cc1. The maximum absolute atomic E-state index is 10.9. The van der Waals surface area contributed by atoms with Crippen molar-refractivity contribution in [3.05, 3.63) is 40.3 Å². The molecule has 0 spiro atoms. The molecular formula is C9H9ClN4O2. The zero-order valence-corrected chi connectivity index (χ0v) is 9.02. The third kappa shape index (κ3) is 4.08. The van der Waals surface area contributed by atoms with E-state index in [2.05, 4.69) is 15.3 Å². The van der Waals surface area contributed by atoms with Crippen LogP contribution in [-0.2, 0) is 11.3 Å². The van der Waals surface area contributed by atoms with Crippen molar-refractivity contribution in [1.29, 1.82) is 0 Å². The molecule has 16 heavy (non-hydrogen) atoms. The molecule has 0 aliphatic rings. The number of amides is 1. The predicted octanol–water partition coefficient (Wildman–Crippen LogP) is 3.05. The smallest absolute Gasteiger partial charge is 0.408 e. The highest BCUT2D eigenvalue weighted by atomic mass is 35.5. The second-order valence-corrected chi connectivity index (χ2v) is 3.01. The van der Waals surface area contributed by atoms with E-state index in [0.717, 1.165) is 5.56 Å². The van der Waals surface area contributed by atoms with Gasteiger partial charge < -0.3 is 10.1 Å². The van der Waals surface area contributed by atoms with Crippen molar-refractivity contribution < 1.29 is 9.53 Å². The summed E-state index contributed by atoms with van der Waals surface area (Å²) < 4.78 is 4.83. The molecule has 0 aliphatic heterocycles. The minimum absolute atomic E-state index is 0.00859. The molecule has 7 heteroatoms. The van der Waals surface area contributed by atoms with Crippen LogP contribution in [0, 0.1) is 0 Å². The third-order valence-corrected chi connectivity index (χ3v) is 1.81. The van der Waals surface area contributed by atoms with Gasteiger partial charge in [-0.3, -0.25) is 0 Å². The van der Waals surface area contributed by atoms with Crippen molar-refractivity contribution in [3.8, 4) is 0 Å². The van der Waals surface area contributed by atoms with Gasteiger partial charge in [0.2, 0.25) is 0 Å². The van der Waals surface area contributed by atoms with Gasteiger partial charge in [-0.15, -0.1) is 11.6 Å². The van der Waals surface area contributed by atoms with E-state index in [1.165, 1.54) is 0 Å². The number of nitrogens with one attached hydrogen (secondary N) is 1. The molecule has 6 nitrogen and oxygen atoms in total. The van der Waals surface area contributed by atoms with Gasteiger partial charge in [-0.25, -0.2) is 4.79 Å². The molecule has 0 heterocycles. The van der Waals surface area contributed by atoms with Crippen LogP contribution in [0.3, 0.4) is 0 Å². The van der Waals surface area contributed by atoms with E-state index in [1.54, 1.807) is 24.3 Å². The standard InChI is InChI=1S/C9H9ClN4O2/c10-6-12-9(15)16-5-7-1-3-8(4-2-7)13-14-11/h1-4H,5-6H2,(H,12,15). The number of nitrogens with zero attached hydrogens (tertiary/aromatic N) is 3. The molecule has 0 bridgehead atoms. The number of azide groups is 1. The molecule has 1 amide bonds. The van der Waals surface area contributed by atoms with Crippen molar-refractivity contribution in [1.82, 2.24) is 5.32 Å². The normalized spacial score (nSPS) is 9.06. The van der Waals surface area contributed by atoms with Crippen LogP contribution in [0.1, 0.15) is 5.56 Å². The van der Waals surface area contributed by atoms with E-state index in [1.807, 2.05) is 0 Å². The second kappa shape index (κ2) is 6.55. The summed E-state index contributed by atoms with van der Waals surface area (Å²) in [6.07, 6.45) is -0.575. The fourth-order valence-electron chi connectivity index (χ4n) is 0.965. The van der Waals surface area contributed by atoms with Crippen molar-refractivity contribution in [2.45, 2.75) is 6.61 Å². The number of hydrogen-bond acceptors (Lipinski definition) is 3. The average Bonchev–Trinajstić information content (AvgIpc) is 2.29. The highest BCUT2D eigenvalue weighted by molar-refractivity contribution is 6.18. The Hall–Kier alpha value is -1.91. The van der Waals surface area contributed by atoms with Gasteiger partial charge in [0, 0.05) is 10.6 Å². The summed E-state index contributed by atoms with van der Waals surface area (Å²) in [5, 5.41) is 5.70. The first-order chi connectivity index (χ1) is 7.76. The minimum Gasteiger partial charge on any atom is -0.445 e. The summed E-state index contributed by atoms with van der Waals surface area (Å²) in [6.45, 7) is 0.138. The highest BCUT2D eigenvalue weighted by Crippen LogP contribution is 2.13. The highest BCUT2D eigenvalue weighted by Gasteiger charge is 2.00. The Morgan fingerprint density at radius 3 is 2.75 bits per heavy atom. The molecular weight excluding hydrogens is 232 g/mol. The van der Waals surface area contributed by atoms with Crippen LogP contribution in [0.4, 0.5) is 10.5 Å². The topological polar surface area (TPSA) is 87.1 Å². The Bertz CT molecular complexity index is 400. The van der Waals surface area contributed by atoms with Crippen LogP contribution in [0.5, 0.6) is 0 Å². The first-order valence-electron chi connectivity index (χ1n) is 4.37. The van der Waals surface area contributed by atoms with Gasteiger partial charge in [-0.2, -0.15) is 0 Å². The fourth-order valence-corrected chi connectivity index (χ4v) is 1.07. The number of carbonyl (C=O) groups is 1. The van der Waals surface area contributed by atoms with Crippen molar-refractivity contribution in [2.75, 3.05) is 6.00 Å². The summed E-state index contributed by atoms with van der Waals surface area (Å²) in [5.41, 5.74) is 9.50. The maximum atomic E-state index is 10.9. The summed E-state index contributed by atoms with van der Waals surface area (Å²) in [6, 6.07) is 6.69. The predicted molar refractivity (Wildman–Crippen MR) is 59.3 cm³/mol. The molecule has 1 aromatic carbocycles. The second-order valence-electron chi connectivity index (χ2n) is 2.74. The Balaban J connectivity index is 2.49. The lowest BCUT2D eigenvalue weighted by atomic mass is 10.2. The molecule has 0 fully saturated rings. The number of ether oxygens (including phenoxy) is 1. The summed E-state index contributed by atoms with van der Waals surface area (Å²) in [5.74, 6) is 0. The van der Waals surface area contributed by atoms with E-state index in [-0.39, 0.29) is 12.6 Å². The third-order valence-electron chi connectivity index (χ3n) is 1.68. The molecule has 1 rings (SSSR count). The first-order valence-corrected chi connectivity index (χ1v) is 4.90. The number of alkyl carbamates (subject to hydrolysis) is 1. The summed E-state index contributed by atoms with van der Waals surface area (Å²) >= 11 is 5.28. The van der Waals surface area contributed by atoms with Gasteiger partial charge >= 0.3 is 6.09 Å². The molecule has 0 atom stereocenters. The average molecular weight is 241 g/mol. The van der Waals surface area contributed by atoms with Gasteiger partial charge in [0.25, 0.3) is 0 Å². The van der Waals surface area contributed by atoms with Crippen LogP contribution < -0.4 is 5.32 Å². The zero-order valence-electron chi connectivity index (χ0n) is 8.26. The van der Waals surface area contributed by atoms with Gasteiger partial charge in [-0.05, 0) is 11.1 Å². The van der Waals surface area contributed by atoms with Crippen LogP contribution >= 0.6 is 11.6 Å². The molecule has 1 N–H and O–H groups in total. The number of rotatable bonds is 4. The number of halogens is 1. The van der Waals surface area contributed by atoms with Crippen LogP contribution in [0.2, 0.25) is 0 Å². The number of carbonyl (C=O) groups excluding carboxylic acids is 1. The van der Waals surface area contributed by atoms with Crippen molar-refractivity contribution in [2.24, 2.45) is 5.11 Å². The van der Waals surface area contributed by atoms with E-state index in [9.17, 15) is 4.79 Å². The van der Waals surface area contributed by atoms with Gasteiger partial charge in [0.1, 0.15) is 6.61 Å². The lowest BCUT2D eigenvalue weighted by Gasteiger charge is -2.04. The Morgan fingerprint density at radius 1 is 1.50 bits per heavy atom. The molecule has 0 radical (unpaired) electrons. The van der Waals surface area contributed by atoms with Gasteiger partial charge in [-0.1, -0.05) is 29.4 Å².